The molecule has 8 nitrogen and oxygen atoms in total. The number of nitrogens with zero attached hydrogens (tertiary/aromatic N) is 2. The van der Waals surface area contributed by atoms with E-state index in [9.17, 15) is 9.59 Å². The number of hydrogen-bond acceptors (Lipinski definition) is 8. The quantitative estimate of drug-likeness (QED) is 0.477. The molecule has 0 saturated carbocycles. The molecule has 0 radical (unpaired) electrons. The van der Waals surface area contributed by atoms with Gasteiger partial charge in [-0.3, -0.25) is 4.79 Å². The fourth-order valence-electron chi connectivity index (χ4n) is 2.25. The van der Waals surface area contributed by atoms with Crippen LogP contribution in [-0.2, 0) is 9.53 Å². The van der Waals surface area contributed by atoms with Gasteiger partial charge in [0, 0.05) is 11.3 Å². The molecule has 0 aliphatic heterocycles. The molecule has 0 bridgehead atoms. The Morgan fingerprint density at radius 2 is 1.75 bits per heavy atom. The highest BCUT2D eigenvalue weighted by Gasteiger charge is 2.12. The molecule has 144 valence electrons. The van der Waals surface area contributed by atoms with Crippen molar-refractivity contribution < 1.29 is 23.5 Å². The van der Waals surface area contributed by atoms with Crippen molar-refractivity contribution in [1.82, 2.24) is 10.2 Å². The molecular weight excluding hydrogens is 382 g/mol. The van der Waals surface area contributed by atoms with Crippen molar-refractivity contribution >= 4 is 29.3 Å². The number of carbonyl (C=O) groups excluding carboxylic acids is 2. The maximum atomic E-state index is 12.1. The number of esters is 1. The predicted octanol–water partition coefficient (Wildman–Crippen LogP) is 3.26. The Hall–Kier alpha value is -3.33. The summed E-state index contributed by atoms with van der Waals surface area (Å²) in [7, 11) is 2.90. The Balaban J connectivity index is 1.53. The van der Waals surface area contributed by atoms with Crippen molar-refractivity contribution in [3.63, 3.8) is 0 Å². The third-order valence-corrected chi connectivity index (χ3v) is 4.48. The zero-order valence-electron chi connectivity index (χ0n) is 15.2. The average Bonchev–Trinajstić information content (AvgIpc) is 3.21. The van der Waals surface area contributed by atoms with Crippen LogP contribution in [0.3, 0.4) is 0 Å². The number of ether oxygens (including phenoxy) is 2. The predicted molar refractivity (Wildman–Crippen MR) is 103 cm³/mol. The second kappa shape index (κ2) is 9.05. The van der Waals surface area contributed by atoms with E-state index in [1.807, 2.05) is 12.1 Å². The minimum absolute atomic E-state index is 0.100. The van der Waals surface area contributed by atoms with E-state index in [1.165, 1.54) is 7.11 Å². The van der Waals surface area contributed by atoms with E-state index in [-0.39, 0.29) is 11.7 Å². The molecule has 3 aromatic rings. The van der Waals surface area contributed by atoms with Crippen LogP contribution in [0.4, 0.5) is 5.69 Å². The summed E-state index contributed by atoms with van der Waals surface area (Å²) >= 11 is 1.13. The SMILES string of the molecule is COC(=O)c1ccc(NC(=O)CSc2nnc(-c3ccc(OC)cc3)o2)cc1. The molecule has 2 aromatic carbocycles. The maximum absolute atomic E-state index is 12.1. The molecule has 1 aromatic heterocycles. The highest BCUT2D eigenvalue weighted by atomic mass is 32.2. The van der Waals surface area contributed by atoms with Crippen LogP contribution < -0.4 is 10.1 Å². The minimum atomic E-state index is -0.433. The van der Waals surface area contributed by atoms with E-state index in [0.29, 0.717) is 22.4 Å². The van der Waals surface area contributed by atoms with E-state index >= 15 is 0 Å². The summed E-state index contributed by atoms with van der Waals surface area (Å²) in [5.41, 5.74) is 1.74. The monoisotopic (exact) mass is 399 g/mol. The molecule has 28 heavy (non-hydrogen) atoms. The second-order valence-corrected chi connectivity index (χ2v) is 6.43. The van der Waals surface area contributed by atoms with E-state index in [2.05, 4.69) is 20.3 Å². The Kier molecular flexibility index (Phi) is 6.28. The Labute approximate surface area is 165 Å². The lowest BCUT2D eigenvalue weighted by atomic mass is 10.2. The number of rotatable bonds is 7. The number of methoxy groups -OCH3 is 2. The van der Waals surface area contributed by atoms with Gasteiger partial charge in [0.25, 0.3) is 5.22 Å². The largest absolute Gasteiger partial charge is 0.497 e. The fourth-order valence-corrected chi connectivity index (χ4v) is 2.81. The molecule has 0 unspecified atom stereocenters. The maximum Gasteiger partial charge on any atom is 0.337 e. The Morgan fingerprint density at radius 1 is 1.04 bits per heavy atom. The normalized spacial score (nSPS) is 10.4. The Bertz CT molecular complexity index is 954. The van der Waals surface area contributed by atoms with Gasteiger partial charge >= 0.3 is 5.97 Å². The van der Waals surface area contributed by atoms with Crippen LogP contribution in [-0.4, -0.2) is 42.0 Å². The topological polar surface area (TPSA) is 104 Å². The van der Waals surface area contributed by atoms with Crippen molar-refractivity contribution in [1.29, 1.82) is 0 Å². The van der Waals surface area contributed by atoms with Gasteiger partial charge in [-0.2, -0.15) is 0 Å². The first-order valence-corrected chi connectivity index (χ1v) is 9.16. The summed E-state index contributed by atoms with van der Waals surface area (Å²) in [5, 5.41) is 10.9. The lowest BCUT2D eigenvalue weighted by Crippen LogP contribution is -2.14. The smallest absolute Gasteiger partial charge is 0.337 e. The number of carbonyl (C=O) groups is 2. The highest BCUT2D eigenvalue weighted by molar-refractivity contribution is 7.99. The summed E-state index contributed by atoms with van der Waals surface area (Å²) in [5.74, 6) is 0.527. The first-order valence-electron chi connectivity index (χ1n) is 8.18. The van der Waals surface area contributed by atoms with E-state index in [4.69, 9.17) is 9.15 Å². The molecule has 0 fully saturated rings. The molecule has 0 aliphatic carbocycles. The van der Waals surface area contributed by atoms with E-state index < -0.39 is 5.97 Å². The van der Waals surface area contributed by atoms with Gasteiger partial charge in [0.05, 0.1) is 25.5 Å². The molecule has 0 spiro atoms. The highest BCUT2D eigenvalue weighted by Crippen LogP contribution is 2.25. The minimum Gasteiger partial charge on any atom is -0.497 e. The van der Waals surface area contributed by atoms with Crippen LogP contribution in [0.25, 0.3) is 11.5 Å². The van der Waals surface area contributed by atoms with Crippen molar-refractivity contribution in [2.45, 2.75) is 5.22 Å². The lowest BCUT2D eigenvalue weighted by molar-refractivity contribution is -0.113. The van der Waals surface area contributed by atoms with Gasteiger partial charge in [-0.15, -0.1) is 10.2 Å². The van der Waals surface area contributed by atoms with Crippen molar-refractivity contribution in [3.05, 3.63) is 54.1 Å². The second-order valence-electron chi connectivity index (χ2n) is 5.51. The van der Waals surface area contributed by atoms with Gasteiger partial charge in [0.15, 0.2) is 0 Å². The van der Waals surface area contributed by atoms with Gasteiger partial charge in [0.1, 0.15) is 5.75 Å². The number of anilines is 1. The first kappa shape index (κ1) is 19.4. The summed E-state index contributed by atoms with van der Waals surface area (Å²) in [6.07, 6.45) is 0. The number of amides is 1. The van der Waals surface area contributed by atoms with Gasteiger partial charge in [0.2, 0.25) is 11.8 Å². The number of benzene rings is 2. The van der Waals surface area contributed by atoms with E-state index in [1.54, 1.807) is 43.5 Å². The van der Waals surface area contributed by atoms with E-state index in [0.717, 1.165) is 23.1 Å². The summed E-state index contributed by atoms with van der Waals surface area (Å²) in [4.78, 5) is 23.5. The van der Waals surface area contributed by atoms with Crippen LogP contribution in [0, 0.1) is 0 Å². The summed E-state index contributed by atoms with van der Waals surface area (Å²) < 4.78 is 15.3. The lowest BCUT2D eigenvalue weighted by Gasteiger charge is -2.05. The molecule has 3 rings (SSSR count). The van der Waals surface area contributed by atoms with Gasteiger partial charge < -0.3 is 19.2 Å². The van der Waals surface area contributed by atoms with Crippen molar-refractivity contribution in [2.24, 2.45) is 0 Å². The zero-order valence-corrected chi connectivity index (χ0v) is 16.0. The zero-order chi connectivity index (χ0) is 19.9. The molecule has 9 heteroatoms. The van der Waals surface area contributed by atoms with Crippen LogP contribution in [0.5, 0.6) is 5.75 Å². The van der Waals surface area contributed by atoms with Gasteiger partial charge in [-0.05, 0) is 48.5 Å². The number of nitrogens with one attached hydrogen (secondary N) is 1. The molecule has 1 heterocycles. The van der Waals surface area contributed by atoms with Crippen LogP contribution in [0.2, 0.25) is 0 Å². The van der Waals surface area contributed by atoms with Gasteiger partial charge in [-0.1, -0.05) is 11.8 Å². The Morgan fingerprint density at radius 3 is 2.39 bits per heavy atom. The molecular formula is C19H17N3O5S. The molecule has 1 amide bonds. The number of hydrogen-bond donors (Lipinski definition) is 1. The number of thioether (sulfide) groups is 1. The molecule has 0 saturated heterocycles. The summed E-state index contributed by atoms with van der Waals surface area (Å²) in [6.45, 7) is 0. The third kappa shape index (κ3) is 4.89. The third-order valence-electron chi connectivity index (χ3n) is 3.66. The van der Waals surface area contributed by atoms with Crippen molar-refractivity contribution in [2.75, 3.05) is 25.3 Å². The van der Waals surface area contributed by atoms with Crippen LogP contribution in [0.1, 0.15) is 10.4 Å². The standard InChI is InChI=1S/C19H17N3O5S/c1-25-15-9-5-12(6-10-15)17-21-22-19(27-17)28-11-16(23)20-14-7-3-13(4-8-14)18(24)26-2/h3-10H,11H2,1-2H3,(H,20,23). The average molecular weight is 399 g/mol. The first-order chi connectivity index (χ1) is 13.6. The van der Waals surface area contributed by atoms with Crippen LogP contribution >= 0.6 is 11.8 Å². The molecule has 0 atom stereocenters. The van der Waals surface area contributed by atoms with Gasteiger partial charge in [-0.25, -0.2) is 4.79 Å². The number of aromatic nitrogens is 2. The fraction of sp³-hybridized carbons (Fsp3) is 0.158. The summed E-state index contributed by atoms with van der Waals surface area (Å²) in [6, 6.07) is 13.6. The molecule has 0 aliphatic rings. The van der Waals surface area contributed by atoms with Crippen LogP contribution in [0.15, 0.2) is 58.2 Å². The van der Waals surface area contributed by atoms with Crippen molar-refractivity contribution in [3.8, 4) is 17.2 Å². The molecule has 1 N–H and O–H groups in total.